The summed E-state index contributed by atoms with van der Waals surface area (Å²) in [5.41, 5.74) is 4.58. The molecule has 0 unspecified atom stereocenters. The van der Waals surface area contributed by atoms with Gasteiger partial charge in [0.05, 0.1) is 23.5 Å². The van der Waals surface area contributed by atoms with Crippen molar-refractivity contribution < 1.29 is 9.72 Å². The number of nitrogens with zero attached hydrogens (tertiary/aromatic N) is 1. The first-order valence-corrected chi connectivity index (χ1v) is 8.10. The number of rotatable bonds is 3. The number of pyridine rings is 1. The van der Waals surface area contributed by atoms with Crippen molar-refractivity contribution in [1.82, 2.24) is 0 Å². The molecule has 124 valence electrons. The Bertz CT molecular complexity index is 821. The monoisotopic (exact) mass is 323 g/mol. The summed E-state index contributed by atoms with van der Waals surface area (Å²) in [6, 6.07) is 10.5. The molecule has 3 N–H and O–H groups in total. The number of nitriles is 1. The fourth-order valence-corrected chi connectivity index (χ4v) is 3.11. The van der Waals surface area contributed by atoms with Gasteiger partial charge in [-0.15, -0.1) is 0 Å². The zero-order chi connectivity index (χ0) is 17.3. The number of aryl methyl sites for hydroxylation is 1. The van der Waals surface area contributed by atoms with Gasteiger partial charge in [0.2, 0.25) is 11.6 Å². The van der Waals surface area contributed by atoms with Crippen molar-refractivity contribution in [2.75, 3.05) is 17.7 Å². The Morgan fingerprint density at radius 3 is 2.71 bits per heavy atom. The summed E-state index contributed by atoms with van der Waals surface area (Å²) in [7, 11) is 1.87. The molecule has 0 atom stereocenters. The number of anilines is 3. The van der Waals surface area contributed by atoms with Crippen LogP contribution < -0.4 is 15.6 Å². The van der Waals surface area contributed by atoms with Crippen LogP contribution in [-0.2, 0) is 17.8 Å². The minimum absolute atomic E-state index is 0.272. The second-order valence-corrected chi connectivity index (χ2v) is 6.79. The van der Waals surface area contributed by atoms with Crippen molar-refractivity contribution in [1.29, 1.82) is 5.26 Å². The first-order valence-electron chi connectivity index (χ1n) is 8.10. The van der Waals surface area contributed by atoms with E-state index in [-0.39, 0.29) is 5.60 Å². The number of nitrogens with one attached hydrogen (secondary N) is 3. The van der Waals surface area contributed by atoms with Crippen molar-refractivity contribution in [3.05, 3.63) is 46.5 Å². The molecule has 1 aromatic heterocycles. The maximum atomic E-state index is 9.77. The normalized spacial score (nSPS) is 15.3. The van der Waals surface area contributed by atoms with Gasteiger partial charge in [-0.25, -0.2) is 4.98 Å². The van der Waals surface area contributed by atoms with E-state index in [1.807, 2.05) is 32.2 Å². The molecular formula is C19H23N4O+. The Balaban J connectivity index is 2.11. The highest BCUT2D eigenvalue weighted by Crippen LogP contribution is 2.34. The number of aromatic amines is 1. The molecule has 0 fully saturated rings. The van der Waals surface area contributed by atoms with Gasteiger partial charge in [-0.05, 0) is 44.0 Å². The molecule has 5 nitrogen and oxygen atoms in total. The van der Waals surface area contributed by atoms with Crippen LogP contribution in [0.25, 0.3) is 0 Å². The molecule has 24 heavy (non-hydrogen) atoms. The topological polar surface area (TPSA) is 71.2 Å². The van der Waals surface area contributed by atoms with Gasteiger partial charge >= 0.3 is 0 Å². The second kappa shape index (κ2) is 6.14. The molecule has 2 aromatic rings. The lowest BCUT2D eigenvalue weighted by molar-refractivity contribution is -0.345. The summed E-state index contributed by atoms with van der Waals surface area (Å²) in [5, 5.41) is 16.3. The minimum atomic E-state index is -0.272. The van der Waals surface area contributed by atoms with Gasteiger partial charge in [-0.2, -0.15) is 5.26 Å². The standard InChI is InChI=1S/C19H22N4O/c1-12-6-5-7-13(8-12)22-18-15(10-20)14-9-19(2,3)24-11-16(14)17(21-4)23-18/h5-8H,9,11H2,1-4H3,(H2,21,22,23)/p+1. The first-order chi connectivity index (χ1) is 11.4. The van der Waals surface area contributed by atoms with Crippen LogP contribution in [0.1, 0.15) is 36.1 Å². The molecule has 0 saturated heterocycles. The zero-order valence-corrected chi connectivity index (χ0v) is 14.6. The molecule has 2 heterocycles. The van der Waals surface area contributed by atoms with Gasteiger partial charge in [0.1, 0.15) is 11.6 Å². The van der Waals surface area contributed by atoms with E-state index in [1.165, 1.54) is 5.56 Å². The van der Waals surface area contributed by atoms with Crippen LogP contribution in [0.4, 0.5) is 17.3 Å². The summed E-state index contributed by atoms with van der Waals surface area (Å²) in [6.45, 7) is 6.65. The van der Waals surface area contributed by atoms with Crippen LogP contribution in [0.5, 0.6) is 0 Å². The first kappa shape index (κ1) is 16.3. The van der Waals surface area contributed by atoms with Gasteiger partial charge in [0.15, 0.2) is 0 Å². The number of fused-ring (bicyclic) bond motifs is 1. The lowest BCUT2D eigenvalue weighted by Gasteiger charge is -2.32. The number of hydrogen-bond acceptors (Lipinski definition) is 4. The lowest BCUT2D eigenvalue weighted by Crippen LogP contribution is -2.35. The summed E-state index contributed by atoms with van der Waals surface area (Å²) < 4.78 is 5.92. The van der Waals surface area contributed by atoms with E-state index < -0.39 is 0 Å². The molecule has 0 radical (unpaired) electrons. The predicted molar refractivity (Wildman–Crippen MR) is 94.3 cm³/mol. The number of aromatic nitrogens is 1. The largest absolute Gasteiger partial charge is 0.370 e. The quantitative estimate of drug-likeness (QED) is 0.909. The van der Waals surface area contributed by atoms with E-state index in [1.54, 1.807) is 0 Å². The highest BCUT2D eigenvalue weighted by Gasteiger charge is 2.33. The maximum Gasteiger partial charge on any atom is 0.242 e. The Labute approximate surface area is 142 Å². The summed E-state index contributed by atoms with van der Waals surface area (Å²) in [5.74, 6) is 1.60. The average molecular weight is 323 g/mol. The minimum Gasteiger partial charge on any atom is -0.370 e. The van der Waals surface area contributed by atoms with Crippen LogP contribution in [0.15, 0.2) is 24.3 Å². The summed E-state index contributed by atoms with van der Waals surface area (Å²) in [4.78, 5) is 3.31. The van der Waals surface area contributed by atoms with Crippen molar-refractivity contribution >= 4 is 17.3 Å². The van der Waals surface area contributed by atoms with Crippen molar-refractivity contribution in [2.24, 2.45) is 0 Å². The molecular weight excluding hydrogens is 300 g/mol. The number of H-pyrrole nitrogens is 1. The Hall–Kier alpha value is -2.58. The highest BCUT2D eigenvalue weighted by atomic mass is 16.5. The van der Waals surface area contributed by atoms with Crippen molar-refractivity contribution in [2.45, 2.75) is 39.4 Å². The van der Waals surface area contributed by atoms with Crippen LogP contribution in [-0.4, -0.2) is 12.6 Å². The lowest BCUT2D eigenvalue weighted by atomic mass is 9.89. The van der Waals surface area contributed by atoms with Gasteiger partial charge in [-0.1, -0.05) is 12.1 Å². The zero-order valence-electron chi connectivity index (χ0n) is 14.6. The molecule has 0 saturated carbocycles. The van der Waals surface area contributed by atoms with Crippen LogP contribution in [0.2, 0.25) is 0 Å². The van der Waals surface area contributed by atoms with E-state index in [2.05, 4.69) is 41.6 Å². The van der Waals surface area contributed by atoms with Crippen LogP contribution in [0.3, 0.4) is 0 Å². The third-order valence-electron chi connectivity index (χ3n) is 4.33. The third kappa shape index (κ3) is 3.06. The van der Waals surface area contributed by atoms with E-state index in [4.69, 9.17) is 4.74 Å². The van der Waals surface area contributed by atoms with E-state index in [0.29, 0.717) is 24.4 Å². The fourth-order valence-electron chi connectivity index (χ4n) is 3.11. The molecule has 1 aliphatic rings. The number of ether oxygens (including phenoxy) is 1. The average Bonchev–Trinajstić information content (AvgIpc) is 2.53. The van der Waals surface area contributed by atoms with E-state index >= 15 is 0 Å². The number of benzene rings is 1. The molecule has 0 aliphatic carbocycles. The smallest absolute Gasteiger partial charge is 0.242 e. The number of hydrogen-bond donors (Lipinski definition) is 2. The summed E-state index contributed by atoms with van der Waals surface area (Å²) in [6.07, 6.45) is 0.705. The molecule has 0 amide bonds. The van der Waals surface area contributed by atoms with Crippen molar-refractivity contribution in [3.8, 4) is 6.07 Å². The molecule has 5 heteroatoms. The third-order valence-corrected chi connectivity index (χ3v) is 4.33. The van der Waals surface area contributed by atoms with Gasteiger partial charge in [0, 0.05) is 13.5 Å². The van der Waals surface area contributed by atoms with E-state index in [9.17, 15) is 5.26 Å². The van der Waals surface area contributed by atoms with Gasteiger partial charge in [0.25, 0.3) is 0 Å². The van der Waals surface area contributed by atoms with Crippen LogP contribution in [0, 0.1) is 18.3 Å². The fraction of sp³-hybridized carbons (Fsp3) is 0.368. The highest BCUT2D eigenvalue weighted by molar-refractivity contribution is 5.66. The van der Waals surface area contributed by atoms with Crippen LogP contribution >= 0.6 is 0 Å². The predicted octanol–water partition coefficient (Wildman–Crippen LogP) is 3.32. The summed E-state index contributed by atoms with van der Waals surface area (Å²) >= 11 is 0. The maximum absolute atomic E-state index is 9.77. The molecule has 0 bridgehead atoms. The van der Waals surface area contributed by atoms with E-state index in [0.717, 1.165) is 22.6 Å². The van der Waals surface area contributed by atoms with Gasteiger partial charge < -0.3 is 10.1 Å². The molecule has 3 rings (SSSR count). The second-order valence-electron chi connectivity index (χ2n) is 6.79. The molecule has 1 aliphatic heterocycles. The Morgan fingerprint density at radius 2 is 2.04 bits per heavy atom. The Morgan fingerprint density at radius 1 is 1.25 bits per heavy atom. The molecule has 0 spiro atoms. The molecule has 1 aromatic carbocycles. The van der Waals surface area contributed by atoms with Gasteiger partial charge in [-0.3, -0.25) is 5.32 Å². The SMILES string of the molecule is CNc1[nH+]c(Nc2cccc(C)c2)c(C#N)c2c1COC(C)(C)C2. The Kier molecular flexibility index (Phi) is 4.16. The van der Waals surface area contributed by atoms with Crippen molar-refractivity contribution in [3.63, 3.8) is 0 Å².